The van der Waals surface area contributed by atoms with Crippen LogP contribution >= 0.6 is 12.2 Å². The van der Waals surface area contributed by atoms with Crippen LogP contribution in [-0.2, 0) is 0 Å². The largest absolute Gasteiger partial charge is 0.497 e. The van der Waals surface area contributed by atoms with Crippen molar-refractivity contribution >= 4 is 39.8 Å². The molecule has 6 nitrogen and oxygen atoms in total. The van der Waals surface area contributed by atoms with Crippen LogP contribution in [0, 0.1) is 0 Å². The summed E-state index contributed by atoms with van der Waals surface area (Å²) in [7, 11) is 1.55. The van der Waals surface area contributed by atoms with E-state index in [-0.39, 0.29) is 27.7 Å². The first kappa shape index (κ1) is 16.7. The third kappa shape index (κ3) is 3.36. The van der Waals surface area contributed by atoms with Crippen LogP contribution < -0.4 is 21.2 Å². The molecule has 0 radical (unpaired) electrons. The number of methoxy groups -OCH3 is 1. The number of rotatable bonds is 4. The van der Waals surface area contributed by atoms with E-state index in [1.165, 1.54) is 6.07 Å². The van der Waals surface area contributed by atoms with Gasteiger partial charge in [-0.3, -0.25) is 9.59 Å². The number of hydrogen-bond acceptors (Lipinski definition) is 5. The van der Waals surface area contributed by atoms with E-state index in [1.807, 2.05) is 0 Å². The number of hydrogen-bond donors (Lipinski definition) is 2. The highest BCUT2D eigenvalue weighted by Crippen LogP contribution is 2.23. The molecule has 1 aromatic heterocycles. The molecule has 2 aromatic carbocycles. The molecule has 0 spiro atoms. The molecule has 1 amide bonds. The minimum Gasteiger partial charge on any atom is -0.497 e. The minimum absolute atomic E-state index is 0.0321. The van der Waals surface area contributed by atoms with Crippen LogP contribution in [0.2, 0.25) is 0 Å². The molecule has 126 valence electrons. The first-order valence-electron chi connectivity index (χ1n) is 7.31. The monoisotopic (exact) mass is 354 g/mol. The van der Waals surface area contributed by atoms with E-state index in [1.54, 1.807) is 49.6 Å². The number of amides is 1. The highest BCUT2D eigenvalue weighted by molar-refractivity contribution is 7.80. The van der Waals surface area contributed by atoms with Crippen molar-refractivity contribution in [3.8, 4) is 5.75 Å². The molecule has 3 aromatic rings. The Morgan fingerprint density at radius 2 is 1.92 bits per heavy atom. The van der Waals surface area contributed by atoms with Crippen molar-refractivity contribution in [2.75, 3.05) is 12.4 Å². The summed E-state index contributed by atoms with van der Waals surface area (Å²) in [5.74, 6) is 0.394. The fourth-order valence-electron chi connectivity index (χ4n) is 2.33. The summed E-state index contributed by atoms with van der Waals surface area (Å²) in [6.07, 6.45) is 0. The number of nitrogens with two attached hydrogens (primary N) is 1. The summed E-state index contributed by atoms with van der Waals surface area (Å²) >= 11 is 4.86. The predicted molar refractivity (Wildman–Crippen MR) is 99.3 cm³/mol. The number of nitrogens with one attached hydrogen (secondary N) is 1. The summed E-state index contributed by atoms with van der Waals surface area (Å²) in [6.45, 7) is 0. The average molecular weight is 354 g/mol. The molecule has 0 unspecified atom stereocenters. The van der Waals surface area contributed by atoms with Crippen molar-refractivity contribution in [2.45, 2.75) is 0 Å². The third-order valence-corrected chi connectivity index (χ3v) is 3.80. The number of fused-ring (bicyclic) bond motifs is 1. The van der Waals surface area contributed by atoms with Crippen LogP contribution in [0.3, 0.4) is 0 Å². The normalized spacial score (nSPS) is 10.4. The highest BCUT2D eigenvalue weighted by atomic mass is 32.1. The molecule has 0 bridgehead atoms. The lowest BCUT2D eigenvalue weighted by molar-refractivity contribution is 0.102. The van der Waals surface area contributed by atoms with Gasteiger partial charge < -0.3 is 20.2 Å². The fourth-order valence-corrected chi connectivity index (χ4v) is 2.43. The van der Waals surface area contributed by atoms with Gasteiger partial charge in [0.05, 0.1) is 18.2 Å². The molecule has 0 aliphatic rings. The van der Waals surface area contributed by atoms with Crippen molar-refractivity contribution in [3.05, 3.63) is 70.1 Å². The van der Waals surface area contributed by atoms with Gasteiger partial charge in [-0.1, -0.05) is 18.3 Å². The van der Waals surface area contributed by atoms with Crippen LogP contribution in [-0.4, -0.2) is 18.0 Å². The summed E-state index contributed by atoms with van der Waals surface area (Å²) in [6, 6.07) is 12.8. The van der Waals surface area contributed by atoms with Gasteiger partial charge in [0, 0.05) is 11.6 Å². The summed E-state index contributed by atoms with van der Waals surface area (Å²) in [4.78, 5) is 24.6. The lowest BCUT2D eigenvalue weighted by Crippen LogP contribution is -2.15. The number of thiocarbonyl (C=S) groups is 1. The quantitative estimate of drug-likeness (QED) is 0.700. The predicted octanol–water partition coefficient (Wildman–Crippen LogP) is 2.69. The fraction of sp³-hybridized carbons (Fsp3) is 0.0556. The van der Waals surface area contributed by atoms with Crippen LogP contribution in [0.5, 0.6) is 5.75 Å². The zero-order valence-electron chi connectivity index (χ0n) is 13.2. The third-order valence-electron chi connectivity index (χ3n) is 3.60. The van der Waals surface area contributed by atoms with Crippen molar-refractivity contribution < 1.29 is 13.9 Å². The van der Waals surface area contributed by atoms with Crippen LogP contribution in [0.25, 0.3) is 11.0 Å². The molecule has 0 aliphatic carbocycles. The van der Waals surface area contributed by atoms with E-state index in [4.69, 9.17) is 27.1 Å². The number of benzene rings is 2. The number of anilines is 1. The first-order chi connectivity index (χ1) is 12.0. The van der Waals surface area contributed by atoms with Gasteiger partial charge in [-0.2, -0.15) is 0 Å². The van der Waals surface area contributed by atoms with Crippen molar-refractivity contribution in [1.82, 2.24) is 0 Å². The van der Waals surface area contributed by atoms with Crippen LogP contribution in [0.15, 0.2) is 57.7 Å². The molecule has 0 fully saturated rings. The Morgan fingerprint density at radius 3 is 2.56 bits per heavy atom. The standard InChI is InChI=1S/C18H14N2O4S/c1-23-11-7-5-10(6-8-11)18(22)20-13-4-2-3-12-14(21)9-15(17(19)25)24-16(12)13/h2-9H,1H3,(H2,19,25)(H,20,22). The topological polar surface area (TPSA) is 94.6 Å². The zero-order valence-corrected chi connectivity index (χ0v) is 14.1. The maximum Gasteiger partial charge on any atom is 0.255 e. The molecule has 0 aliphatic heterocycles. The van der Waals surface area contributed by atoms with Gasteiger partial charge in [0.1, 0.15) is 10.7 Å². The Bertz CT molecular complexity index is 1030. The molecular weight excluding hydrogens is 340 g/mol. The summed E-state index contributed by atoms with van der Waals surface area (Å²) in [5.41, 5.74) is 6.27. The van der Waals surface area contributed by atoms with Gasteiger partial charge in [0.15, 0.2) is 16.8 Å². The maximum atomic E-state index is 12.4. The van der Waals surface area contributed by atoms with Gasteiger partial charge in [-0.15, -0.1) is 0 Å². The number of para-hydroxylation sites is 1. The lowest BCUT2D eigenvalue weighted by atomic mass is 10.1. The minimum atomic E-state index is -0.349. The Labute approximate surface area is 148 Å². The maximum absolute atomic E-state index is 12.4. The average Bonchev–Trinajstić information content (AvgIpc) is 2.62. The number of ether oxygens (including phenoxy) is 1. The van der Waals surface area contributed by atoms with Crippen LogP contribution in [0.4, 0.5) is 5.69 Å². The first-order valence-corrected chi connectivity index (χ1v) is 7.72. The molecule has 7 heteroatoms. The molecule has 3 N–H and O–H groups in total. The SMILES string of the molecule is COc1ccc(C(=O)Nc2cccc3c(=O)cc(C(N)=S)oc23)cc1. The molecular formula is C18H14N2O4S. The molecule has 3 rings (SSSR count). The molecule has 0 saturated carbocycles. The van der Waals surface area contributed by atoms with E-state index >= 15 is 0 Å². The summed E-state index contributed by atoms with van der Waals surface area (Å²) < 4.78 is 10.7. The van der Waals surface area contributed by atoms with Gasteiger partial charge in [0.2, 0.25) is 0 Å². The van der Waals surface area contributed by atoms with Crippen molar-refractivity contribution in [1.29, 1.82) is 0 Å². The number of carbonyl (C=O) groups excluding carboxylic acids is 1. The lowest BCUT2D eigenvalue weighted by Gasteiger charge is -2.09. The van der Waals surface area contributed by atoms with Gasteiger partial charge in [0.25, 0.3) is 5.91 Å². The number of carbonyl (C=O) groups is 1. The van der Waals surface area contributed by atoms with Crippen molar-refractivity contribution in [3.63, 3.8) is 0 Å². The van der Waals surface area contributed by atoms with E-state index in [0.717, 1.165) is 0 Å². The van der Waals surface area contributed by atoms with Gasteiger partial charge in [-0.05, 0) is 36.4 Å². The highest BCUT2D eigenvalue weighted by Gasteiger charge is 2.13. The van der Waals surface area contributed by atoms with E-state index in [2.05, 4.69) is 5.32 Å². The van der Waals surface area contributed by atoms with E-state index in [0.29, 0.717) is 22.4 Å². The zero-order chi connectivity index (χ0) is 18.0. The Hall–Kier alpha value is -3.19. The molecule has 0 atom stereocenters. The molecule has 1 heterocycles. The molecule has 25 heavy (non-hydrogen) atoms. The smallest absolute Gasteiger partial charge is 0.255 e. The van der Waals surface area contributed by atoms with Gasteiger partial charge >= 0.3 is 0 Å². The van der Waals surface area contributed by atoms with E-state index in [9.17, 15) is 9.59 Å². The summed E-state index contributed by atoms with van der Waals surface area (Å²) in [5, 5.41) is 3.06. The second-order valence-electron chi connectivity index (χ2n) is 5.20. The van der Waals surface area contributed by atoms with Crippen molar-refractivity contribution in [2.24, 2.45) is 5.73 Å². The second kappa shape index (κ2) is 6.74. The van der Waals surface area contributed by atoms with Crippen LogP contribution in [0.1, 0.15) is 16.1 Å². The Balaban J connectivity index is 2.01. The van der Waals surface area contributed by atoms with E-state index < -0.39 is 0 Å². The Kier molecular flexibility index (Phi) is 4.49. The molecule has 0 saturated heterocycles. The van der Waals surface area contributed by atoms with Gasteiger partial charge in [-0.25, -0.2) is 0 Å². The second-order valence-corrected chi connectivity index (χ2v) is 5.64. The Morgan fingerprint density at radius 1 is 1.20 bits per heavy atom.